The van der Waals surface area contributed by atoms with Crippen LogP contribution in [0.25, 0.3) is 0 Å². The van der Waals surface area contributed by atoms with Gasteiger partial charge in [-0.3, -0.25) is 0 Å². The molecule has 0 aliphatic rings. The van der Waals surface area contributed by atoms with E-state index in [-0.39, 0.29) is 5.41 Å². The first-order valence-electron chi connectivity index (χ1n) is 4.59. The summed E-state index contributed by atoms with van der Waals surface area (Å²) in [6.07, 6.45) is 2.93. The minimum absolute atomic E-state index is 0.206. The van der Waals surface area contributed by atoms with Gasteiger partial charge in [-0.1, -0.05) is 51.1 Å². The molecular formula is C13H17. The molecule has 0 saturated carbocycles. The SMILES string of the molecule is C=[C]c1cc(C)cc(C(C)(C)C)c1. The van der Waals surface area contributed by atoms with Crippen molar-refractivity contribution in [2.24, 2.45) is 0 Å². The monoisotopic (exact) mass is 173 g/mol. The highest BCUT2D eigenvalue weighted by atomic mass is 14.2. The van der Waals surface area contributed by atoms with Crippen molar-refractivity contribution in [2.75, 3.05) is 0 Å². The first-order chi connectivity index (χ1) is 5.93. The number of benzene rings is 1. The van der Waals surface area contributed by atoms with Crippen LogP contribution < -0.4 is 0 Å². The molecule has 1 radical (unpaired) electrons. The fourth-order valence-electron chi connectivity index (χ4n) is 1.32. The van der Waals surface area contributed by atoms with E-state index < -0.39 is 0 Å². The minimum atomic E-state index is 0.206. The summed E-state index contributed by atoms with van der Waals surface area (Å²) in [6.45, 7) is 12.4. The lowest BCUT2D eigenvalue weighted by Gasteiger charge is -2.20. The number of hydrogen-bond acceptors (Lipinski definition) is 0. The lowest BCUT2D eigenvalue weighted by molar-refractivity contribution is 0.589. The van der Waals surface area contributed by atoms with E-state index in [2.05, 4.69) is 58.5 Å². The van der Waals surface area contributed by atoms with Crippen molar-refractivity contribution in [3.63, 3.8) is 0 Å². The summed E-state index contributed by atoms with van der Waals surface area (Å²) in [5.41, 5.74) is 3.92. The van der Waals surface area contributed by atoms with E-state index in [4.69, 9.17) is 0 Å². The zero-order valence-corrected chi connectivity index (χ0v) is 8.94. The maximum absolute atomic E-state index is 3.67. The Morgan fingerprint density at radius 2 is 1.77 bits per heavy atom. The summed E-state index contributed by atoms with van der Waals surface area (Å²) in [5, 5.41) is 0. The Bertz CT molecular complexity index is 313. The third-order valence-corrected chi connectivity index (χ3v) is 2.15. The molecule has 0 unspecified atom stereocenters. The molecule has 69 valence electrons. The largest absolute Gasteiger partial charge is 0.0906 e. The summed E-state index contributed by atoms with van der Waals surface area (Å²) in [6, 6.07) is 6.48. The molecular weight excluding hydrogens is 156 g/mol. The van der Waals surface area contributed by atoms with Crippen molar-refractivity contribution in [1.29, 1.82) is 0 Å². The maximum atomic E-state index is 3.67. The lowest BCUT2D eigenvalue weighted by Crippen LogP contribution is -2.11. The van der Waals surface area contributed by atoms with Crippen LogP contribution in [0.4, 0.5) is 0 Å². The van der Waals surface area contributed by atoms with Gasteiger partial charge in [0.15, 0.2) is 0 Å². The summed E-state index contributed by atoms with van der Waals surface area (Å²) in [7, 11) is 0. The molecule has 0 aromatic heterocycles. The van der Waals surface area contributed by atoms with E-state index in [0.717, 1.165) is 5.56 Å². The van der Waals surface area contributed by atoms with E-state index >= 15 is 0 Å². The summed E-state index contributed by atoms with van der Waals surface area (Å²) < 4.78 is 0. The first kappa shape index (κ1) is 10.0. The van der Waals surface area contributed by atoms with E-state index in [0.29, 0.717) is 0 Å². The van der Waals surface area contributed by atoms with Crippen LogP contribution in [0.1, 0.15) is 37.5 Å². The van der Waals surface area contributed by atoms with Crippen LogP contribution in [-0.2, 0) is 5.41 Å². The molecule has 0 N–H and O–H groups in total. The topological polar surface area (TPSA) is 0 Å². The van der Waals surface area contributed by atoms with Crippen molar-refractivity contribution in [2.45, 2.75) is 33.1 Å². The van der Waals surface area contributed by atoms with E-state index in [9.17, 15) is 0 Å². The first-order valence-corrected chi connectivity index (χ1v) is 4.59. The van der Waals surface area contributed by atoms with E-state index in [1.807, 2.05) is 0 Å². The quantitative estimate of drug-likeness (QED) is 0.608. The van der Waals surface area contributed by atoms with Crippen LogP contribution in [0.15, 0.2) is 24.8 Å². The Labute approximate surface area is 81.3 Å². The Morgan fingerprint density at radius 3 is 2.23 bits per heavy atom. The Balaban J connectivity index is 3.24. The number of hydrogen-bond donors (Lipinski definition) is 0. The van der Waals surface area contributed by atoms with Crippen LogP contribution in [0, 0.1) is 13.0 Å². The zero-order chi connectivity index (χ0) is 10.1. The third kappa shape index (κ3) is 2.45. The molecule has 0 amide bonds. The molecule has 1 rings (SSSR count). The Kier molecular flexibility index (Phi) is 2.60. The minimum Gasteiger partial charge on any atom is -0.0906 e. The second-order valence-electron chi connectivity index (χ2n) is 4.51. The summed E-state index contributed by atoms with van der Waals surface area (Å²) in [4.78, 5) is 0. The molecule has 0 aliphatic carbocycles. The van der Waals surface area contributed by atoms with Gasteiger partial charge in [-0.05, 0) is 29.5 Å². The fourth-order valence-corrected chi connectivity index (χ4v) is 1.32. The summed E-state index contributed by atoms with van der Waals surface area (Å²) >= 11 is 0. The Morgan fingerprint density at radius 1 is 1.15 bits per heavy atom. The molecule has 0 aliphatic heterocycles. The highest BCUT2D eigenvalue weighted by Crippen LogP contribution is 2.24. The predicted molar refractivity (Wildman–Crippen MR) is 57.9 cm³/mol. The molecule has 0 bridgehead atoms. The van der Waals surface area contributed by atoms with Crippen molar-refractivity contribution in [3.8, 4) is 0 Å². The highest BCUT2D eigenvalue weighted by Gasteiger charge is 2.13. The van der Waals surface area contributed by atoms with Gasteiger partial charge in [-0.15, -0.1) is 0 Å². The van der Waals surface area contributed by atoms with Crippen LogP contribution in [0.2, 0.25) is 0 Å². The van der Waals surface area contributed by atoms with Gasteiger partial charge in [0.2, 0.25) is 0 Å². The fraction of sp³-hybridized carbons (Fsp3) is 0.385. The molecule has 0 heterocycles. The van der Waals surface area contributed by atoms with Gasteiger partial charge >= 0.3 is 0 Å². The molecule has 1 aromatic rings. The van der Waals surface area contributed by atoms with Crippen molar-refractivity contribution in [1.82, 2.24) is 0 Å². The van der Waals surface area contributed by atoms with Gasteiger partial charge in [0.1, 0.15) is 0 Å². The molecule has 13 heavy (non-hydrogen) atoms. The lowest BCUT2D eigenvalue weighted by atomic mass is 9.85. The van der Waals surface area contributed by atoms with Gasteiger partial charge < -0.3 is 0 Å². The molecule has 0 nitrogen and oxygen atoms in total. The standard InChI is InChI=1S/C13H17/c1-6-11-7-10(2)8-12(9-11)13(3,4)5/h7-9H,1H2,2-5H3. The van der Waals surface area contributed by atoms with Gasteiger partial charge in [0.25, 0.3) is 0 Å². The third-order valence-electron chi connectivity index (χ3n) is 2.15. The number of rotatable bonds is 1. The van der Waals surface area contributed by atoms with Crippen molar-refractivity contribution in [3.05, 3.63) is 47.5 Å². The van der Waals surface area contributed by atoms with Gasteiger partial charge in [-0.25, -0.2) is 0 Å². The van der Waals surface area contributed by atoms with Gasteiger partial charge in [0.05, 0.1) is 0 Å². The van der Waals surface area contributed by atoms with Gasteiger partial charge in [-0.2, -0.15) is 0 Å². The normalized spacial score (nSPS) is 11.4. The second kappa shape index (κ2) is 3.37. The average molecular weight is 173 g/mol. The molecule has 0 fully saturated rings. The number of aryl methyl sites for hydroxylation is 1. The average Bonchev–Trinajstić information content (AvgIpc) is 2.01. The molecule has 1 aromatic carbocycles. The van der Waals surface area contributed by atoms with Crippen LogP contribution in [0.3, 0.4) is 0 Å². The van der Waals surface area contributed by atoms with E-state index in [1.165, 1.54) is 11.1 Å². The second-order valence-corrected chi connectivity index (χ2v) is 4.51. The Hall–Kier alpha value is -1.04. The molecule has 0 heteroatoms. The van der Waals surface area contributed by atoms with E-state index in [1.54, 1.807) is 0 Å². The van der Waals surface area contributed by atoms with Crippen LogP contribution in [0.5, 0.6) is 0 Å². The highest BCUT2D eigenvalue weighted by molar-refractivity contribution is 5.35. The van der Waals surface area contributed by atoms with Crippen molar-refractivity contribution >= 4 is 0 Å². The molecule has 0 atom stereocenters. The van der Waals surface area contributed by atoms with Crippen LogP contribution in [-0.4, -0.2) is 0 Å². The summed E-state index contributed by atoms with van der Waals surface area (Å²) in [5.74, 6) is 0. The zero-order valence-electron chi connectivity index (χ0n) is 8.94. The van der Waals surface area contributed by atoms with Gasteiger partial charge in [0, 0.05) is 0 Å². The smallest absolute Gasteiger partial charge is 0.0132 e. The van der Waals surface area contributed by atoms with Crippen molar-refractivity contribution < 1.29 is 0 Å². The molecule has 0 saturated heterocycles. The molecule has 0 spiro atoms. The maximum Gasteiger partial charge on any atom is -0.0132 e. The predicted octanol–water partition coefficient (Wildman–Crippen LogP) is 3.63. The van der Waals surface area contributed by atoms with Crippen LogP contribution >= 0.6 is 0 Å².